The summed E-state index contributed by atoms with van der Waals surface area (Å²) in [4.78, 5) is 18.9. The van der Waals surface area contributed by atoms with E-state index in [-0.39, 0.29) is 35.2 Å². The molecule has 0 fully saturated rings. The third-order valence-electron chi connectivity index (χ3n) is 5.25. The highest BCUT2D eigenvalue weighted by molar-refractivity contribution is 7.90. The molecule has 0 N–H and O–H groups in total. The van der Waals surface area contributed by atoms with Crippen LogP contribution in [0.25, 0.3) is 0 Å². The standard InChI is InChI=1S/C25H33N3O4S/c1-18(2)14-28-22(15-27(24(29)19(3)4)16-23-10-7-11-32-23)13-26-25(28)33(30,31)17-21-9-6-8-20(5)12-21/h6-13,18-19H,14-17H2,1-5H3. The number of hydrogen-bond acceptors (Lipinski definition) is 5. The van der Waals surface area contributed by atoms with Crippen LogP contribution in [0.4, 0.5) is 0 Å². The Kier molecular flexibility index (Phi) is 7.79. The first-order valence-electron chi connectivity index (χ1n) is 11.2. The Balaban J connectivity index is 1.95. The molecule has 33 heavy (non-hydrogen) atoms. The maximum absolute atomic E-state index is 13.3. The molecule has 2 heterocycles. The molecule has 0 aliphatic carbocycles. The van der Waals surface area contributed by atoms with Crippen LogP contribution in [0.15, 0.2) is 58.4 Å². The van der Waals surface area contributed by atoms with Gasteiger partial charge in [-0.05, 0) is 30.5 Å². The molecule has 1 amide bonds. The van der Waals surface area contributed by atoms with Gasteiger partial charge in [0.05, 0.1) is 37.0 Å². The molecule has 7 nitrogen and oxygen atoms in total. The van der Waals surface area contributed by atoms with Crippen molar-refractivity contribution in [2.24, 2.45) is 11.8 Å². The van der Waals surface area contributed by atoms with Crippen molar-refractivity contribution < 1.29 is 17.6 Å². The number of rotatable bonds is 10. The van der Waals surface area contributed by atoms with Crippen molar-refractivity contribution in [3.05, 3.63) is 71.4 Å². The summed E-state index contributed by atoms with van der Waals surface area (Å²) in [6.07, 6.45) is 3.15. The summed E-state index contributed by atoms with van der Waals surface area (Å²) in [6.45, 7) is 10.7. The monoisotopic (exact) mass is 471 g/mol. The van der Waals surface area contributed by atoms with Gasteiger partial charge in [-0.15, -0.1) is 0 Å². The number of amides is 1. The predicted octanol–water partition coefficient (Wildman–Crippen LogP) is 4.60. The summed E-state index contributed by atoms with van der Waals surface area (Å²) in [5.41, 5.74) is 2.42. The molecule has 0 bridgehead atoms. The molecule has 3 aromatic rings. The van der Waals surface area contributed by atoms with Gasteiger partial charge in [-0.25, -0.2) is 13.4 Å². The van der Waals surface area contributed by atoms with E-state index in [9.17, 15) is 13.2 Å². The Morgan fingerprint density at radius 3 is 2.48 bits per heavy atom. The highest BCUT2D eigenvalue weighted by Gasteiger charge is 2.27. The van der Waals surface area contributed by atoms with Gasteiger partial charge in [-0.1, -0.05) is 57.5 Å². The molecule has 2 aromatic heterocycles. The fourth-order valence-corrected chi connectivity index (χ4v) is 5.26. The predicted molar refractivity (Wildman–Crippen MR) is 127 cm³/mol. The number of benzene rings is 1. The number of carbonyl (C=O) groups is 1. The van der Waals surface area contributed by atoms with E-state index >= 15 is 0 Å². The average Bonchev–Trinajstić information content (AvgIpc) is 3.37. The SMILES string of the molecule is Cc1cccc(CS(=O)(=O)c2ncc(CN(Cc3ccco3)C(=O)C(C)C)n2CC(C)C)c1. The Labute approximate surface area is 196 Å². The van der Waals surface area contributed by atoms with Crippen LogP contribution < -0.4 is 0 Å². The lowest BCUT2D eigenvalue weighted by Gasteiger charge is -2.25. The zero-order valence-electron chi connectivity index (χ0n) is 20.0. The highest BCUT2D eigenvalue weighted by Crippen LogP contribution is 2.22. The zero-order valence-corrected chi connectivity index (χ0v) is 20.8. The van der Waals surface area contributed by atoms with Crippen molar-refractivity contribution in [1.29, 1.82) is 0 Å². The van der Waals surface area contributed by atoms with E-state index in [2.05, 4.69) is 4.98 Å². The Hall–Kier alpha value is -2.87. The van der Waals surface area contributed by atoms with E-state index in [4.69, 9.17) is 4.42 Å². The molecule has 0 aliphatic heterocycles. The van der Waals surface area contributed by atoms with Gasteiger partial charge in [0.25, 0.3) is 0 Å². The minimum Gasteiger partial charge on any atom is -0.467 e. The van der Waals surface area contributed by atoms with Crippen LogP contribution in [0, 0.1) is 18.8 Å². The zero-order chi connectivity index (χ0) is 24.2. The maximum atomic E-state index is 13.3. The molecule has 3 rings (SSSR count). The maximum Gasteiger partial charge on any atom is 0.228 e. The van der Waals surface area contributed by atoms with Gasteiger partial charge in [0.2, 0.25) is 20.9 Å². The first-order valence-corrected chi connectivity index (χ1v) is 12.9. The summed E-state index contributed by atoms with van der Waals surface area (Å²) in [5.74, 6) is 0.514. The van der Waals surface area contributed by atoms with Gasteiger partial charge in [-0.3, -0.25) is 4.79 Å². The minimum absolute atomic E-state index is 0.0344. The minimum atomic E-state index is -3.68. The van der Waals surface area contributed by atoms with Gasteiger partial charge in [0, 0.05) is 12.5 Å². The molecular formula is C25H33N3O4S. The third-order valence-corrected chi connectivity index (χ3v) is 6.85. The lowest BCUT2D eigenvalue weighted by molar-refractivity contribution is -0.136. The Morgan fingerprint density at radius 1 is 1.12 bits per heavy atom. The summed E-state index contributed by atoms with van der Waals surface area (Å²) >= 11 is 0. The molecule has 0 spiro atoms. The molecular weight excluding hydrogens is 438 g/mol. The molecule has 0 radical (unpaired) electrons. The third kappa shape index (κ3) is 6.35. The second-order valence-corrected chi connectivity index (χ2v) is 11.1. The first-order chi connectivity index (χ1) is 15.6. The number of sulfone groups is 1. The molecule has 178 valence electrons. The van der Waals surface area contributed by atoms with E-state index < -0.39 is 9.84 Å². The van der Waals surface area contributed by atoms with Crippen LogP contribution >= 0.6 is 0 Å². The van der Waals surface area contributed by atoms with Crippen molar-refractivity contribution >= 4 is 15.7 Å². The molecule has 0 saturated heterocycles. The molecule has 0 aliphatic rings. The van der Waals surface area contributed by atoms with E-state index in [0.29, 0.717) is 24.5 Å². The van der Waals surface area contributed by atoms with Crippen LogP contribution in [0.2, 0.25) is 0 Å². The normalized spacial score (nSPS) is 12.0. The van der Waals surface area contributed by atoms with Crippen LogP contribution in [0.3, 0.4) is 0 Å². The van der Waals surface area contributed by atoms with Gasteiger partial charge < -0.3 is 13.9 Å². The fraction of sp³-hybridized carbons (Fsp3) is 0.440. The average molecular weight is 472 g/mol. The van der Waals surface area contributed by atoms with Crippen molar-refractivity contribution in [3.8, 4) is 0 Å². The largest absolute Gasteiger partial charge is 0.467 e. The van der Waals surface area contributed by atoms with E-state index in [1.54, 1.807) is 28.0 Å². The van der Waals surface area contributed by atoms with E-state index in [1.165, 1.54) is 0 Å². The second kappa shape index (κ2) is 10.4. The van der Waals surface area contributed by atoms with Crippen molar-refractivity contribution in [2.75, 3.05) is 0 Å². The molecule has 0 atom stereocenters. The number of aromatic nitrogens is 2. The van der Waals surface area contributed by atoms with E-state index in [1.807, 2.05) is 65.0 Å². The van der Waals surface area contributed by atoms with Crippen molar-refractivity contribution in [1.82, 2.24) is 14.5 Å². The van der Waals surface area contributed by atoms with Crippen LogP contribution in [-0.2, 0) is 40.0 Å². The molecule has 8 heteroatoms. The lowest BCUT2D eigenvalue weighted by Crippen LogP contribution is -2.34. The number of imidazole rings is 1. The summed E-state index contributed by atoms with van der Waals surface area (Å²) < 4.78 is 33.9. The molecule has 0 saturated carbocycles. The molecule has 1 aromatic carbocycles. The fourth-order valence-electron chi connectivity index (χ4n) is 3.78. The van der Waals surface area contributed by atoms with Crippen LogP contribution in [0.5, 0.6) is 0 Å². The number of furan rings is 1. The van der Waals surface area contributed by atoms with Crippen LogP contribution in [0.1, 0.15) is 50.3 Å². The number of carbonyl (C=O) groups excluding carboxylic acids is 1. The van der Waals surface area contributed by atoms with Gasteiger partial charge in [0.1, 0.15) is 5.76 Å². The van der Waals surface area contributed by atoms with Gasteiger partial charge in [0.15, 0.2) is 0 Å². The highest BCUT2D eigenvalue weighted by atomic mass is 32.2. The smallest absolute Gasteiger partial charge is 0.228 e. The Morgan fingerprint density at radius 2 is 1.88 bits per heavy atom. The van der Waals surface area contributed by atoms with Crippen LogP contribution in [-0.4, -0.2) is 28.8 Å². The van der Waals surface area contributed by atoms with Gasteiger partial charge in [-0.2, -0.15) is 0 Å². The van der Waals surface area contributed by atoms with Crippen molar-refractivity contribution in [2.45, 2.75) is 65.2 Å². The lowest BCUT2D eigenvalue weighted by atomic mass is 10.1. The quantitative estimate of drug-likeness (QED) is 0.431. The number of aryl methyl sites for hydroxylation is 1. The van der Waals surface area contributed by atoms with Crippen molar-refractivity contribution in [3.63, 3.8) is 0 Å². The van der Waals surface area contributed by atoms with Gasteiger partial charge >= 0.3 is 0 Å². The first kappa shape index (κ1) is 24.8. The Bertz CT molecular complexity index is 1180. The van der Waals surface area contributed by atoms with E-state index in [0.717, 1.165) is 11.1 Å². The second-order valence-electron chi connectivity index (χ2n) is 9.21. The molecule has 0 unspecified atom stereocenters. The summed E-state index contributed by atoms with van der Waals surface area (Å²) in [6, 6.07) is 11.1. The number of hydrogen-bond donors (Lipinski definition) is 0. The number of nitrogens with zero attached hydrogens (tertiary/aromatic N) is 3. The topological polar surface area (TPSA) is 85.4 Å². The summed E-state index contributed by atoms with van der Waals surface area (Å²) in [7, 11) is -3.68. The summed E-state index contributed by atoms with van der Waals surface area (Å²) in [5, 5.41) is 0.0441.